The lowest BCUT2D eigenvalue weighted by Crippen LogP contribution is -2.00. The van der Waals surface area contributed by atoms with E-state index in [-0.39, 0.29) is 5.48 Å². The molecule has 0 atom stereocenters. The first kappa shape index (κ1) is 18.9. The molecule has 132 valence electrons. The quantitative estimate of drug-likeness (QED) is 0.370. The number of hydrogen-bond donors (Lipinski definition) is 0. The molecule has 0 saturated carbocycles. The second-order valence-electron chi connectivity index (χ2n) is 5.36. The third-order valence-corrected chi connectivity index (χ3v) is 3.53. The molecule has 0 radical (unpaired) electrons. The Bertz CT molecular complexity index is 857. The largest absolute Gasteiger partial charge is 0.489 e. The summed E-state index contributed by atoms with van der Waals surface area (Å²) in [5, 5.41) is 0. The highest BCUT2D eigenvalue weighted by molar-refractivity contribution is 6.33. The Morgan fingerprint density at radius 1 is 0.808 bits per heavy atom. The van der Waals surface area contributed by atoms with E-state index < -0.39 is 5.78 Å². The molecule has 0 saturated heterocycles. The Labute approximate surface area is 151 Å². The molecule has 0 aromatic heterocycles. The molecular formula is C21H18O5. The van der Waals surface area contributed by atoms with E-state index >= 15 is 0 Å². The van der Waals surface area contributed by atoms with E-state index in [0.29, 0.717) is 24.2 Å². The number of carbonyl (C=O) groups excluding carboxylic acids is 2. The Morgan fingerprint density at radius 2 is 1.50 bits per heavy atom. The summed E-state index contributed by atoms with van der Waals surface area (Å²) in [6.07, 6.45) is 0.300. The fourth-order valence-electron chi connectivity index (χ4n) is 2.27. The van der Waals surface area contributed by atoms with E-state index in [1.54, 1.807) is 24.3 Å². The second kappa shape index (κ2) is 9.15. The summed E-state index contributed by atoms with van der Waals surface area (Å²) in [5.41, 5.74) is 1.31. The van der Waals surface area contributed by atoms with Crippen molar-refractivity contribution in [2.45, 2.75) is 6.61 Å². The van der Waals surface area contributed by atoms with Crippen LogP contribution in [0, 0.1) is 0 Å². The molecule has 5 nitrogen and oxygen atoms in total. The topological polar surface area (TPSA) is 84.1 Å². The molecule has 0 aliphatic heterocycles. The first-order valence-electron chi connectivity index (χ1n) is 7.79. The van der Waals surface area contributed by atoms with Gasteiger partial charge < -0.3 is 14.9 Å². The van der Waals surface area contributed by atoms with Gasteiger partial charge in [-0.05, 0) is 54.1 Å². The summed E-state index contributed by atoms with van der Waals surface area (Å²) in [7, 11) is 0. The van der Waals surface area contributed by atoms with Crippen molar-refractivity contribution in [2.75, 3.05) is 0 Å². The summed E-state index contributed by atoms with van der Waals surface area (Å²) in [6, 6.07) is 23.7. The molecule has 26 heavy (non-hydrogen) atoms. The highest BCUT2D eigenvalue weighted by Gasteiger charge is 2.04. The van der Waals surface area contributed by atoms with E-state index in [0.717, 1.165) is 17.1 Å². The van der Waals surface area contributed by atoms with Gasteiger partial charge in [0.05, 0.1) is 0 Å². The summed E-state index contributed by atoms with van der Waals surface area (Å²) >= 11 is 0. The van der Waals surface area contributed by atoms with Crippen LogP contribution in [0.3, 0.4) is 0 Å². The van der Waals surface area contributed by atoms with E-state index in [4.69, 9.17) is 9.47 Å². The van der Waals surface area contributed by atoms with Gasteiger partial charge in [-0.15, -0.1) is 0 Å². The third kappa shape index (κ3) is 5.03. The van der Waals surface area contributed by atoms with Crippen molar-refractivity contribution >= 4 is 12.1 Å². The Hall–Kier alpha value is -3.44. The minimum absolute atomic E-state index is 0. The number of Topliss-reactive ketones (excluding diaryl/α,β-unsaturated/α-hetero) is 1. The minimum atomic E-state index is -0.544. The molecule has 5 heteroatoms. The summed E-state index contributed by atoms with van der Waals surface area (Å²) in [4.78, 5) is 21.7. The van der Waals surface area contributed by atoms with Crippen molar-refractivity contribution in [1.82, 2.24) is 0 Å². The molecule has 0 unspecified atom stereocenters. The molecule has 0 fully saturated rings. The number of ether oxygens (including phenoxy) is 2. The number of hydrogen-bond acceptors (Lipinski definition) is 4. The monoisotopic (exact) mass is 350 g/mol. The van der Waals surface area contributed by atoms with Gasteiger partial charge >= 0.3 is 0 Å². The van der Waals surface area contributed by atoms with Crippen molar-refractivity contribution in [1.29, 1.82) is 0 Å². The van der Waals surface area contributed by atoms with Crippen molar-refractivity contribution < 1.29 is 24.5 Å². The van der Waals surface area contributed by atoms with Gasteiger partial charge in [-0.25, -0.2) is 0 Å². The van der Waals surface area contributed by atoms with Gasteiger partial charge in [0.15, 0.2) is 6.29 Å². The zero-order valence-corrected chi connectivity index (χ0v) is 13.9. The van der Waals surface area contributed by atoms with Crippen LogP contribution in [-0.2, 0) is 11.4 Å². The molecule has 0 heterocycles. The SMILES string of the molecule is O.O=CC(=O)c1ccc(OCc2cccc(Oc3ccccc3)c2)cc1. The molecule has 3 aromatic rings. The maximum atomic E-state index is 11.3. The first-order chi connectivity index (χ1) is 12.2. The smallest absolute Gasteiger partial charge is 0.225 e. The number of ketones is 1. The predicted octanol–water partition coefficient (Wildman–Crippen LogP) is 3.61. The van der Waals surface area contributed by atoms with Gasteiger partial charge in [-0.2, -0.15) is 0 Å². The fraction of sp³-hybridized carbons (Fsp3) is 0.0476. The third-order valence-electron chi connectivity index (χ3n) is 3.53. The van der Waals surface area contributed by atoms with Crippen LogP contribution in [-0.4, -0.2) is 17.5 Å². The second-order valence-corrected chi connectivity index (χ2v) is 5.36. The summed E-state index contributed by atoms with van der Waals surface area (Å²) in [6.45, 7) is 0.368. The molecule has 3 aromatic carbocycles. The van der Waals surface area contributed by atoms with E-state index in [9.17, 15) is 9.59 Å². The molecule has 0 bridgehead atoms. The Balaban J connectivity index is 0.00000243. The van der Waals surface area contributed by atoms with Gasteiger partial charge in [0.2, 0.25) is 5.78 Å². The highest BCUT2D eigenvalue weighted by atomic mass is 16.5. The number of rotatable bonds is 7. The van der Waals surface area contributed by atoms with E-state index in [1.807, 2.05) is 54.6 Å². The zero-order chi connectivity index (χ0) is 17.5. The van der Waals surface area contributed by atoms with Gasteiger partial charge in [-0.3, -0.25) is 9.59 Å². The van der Waals surface area contributed by atoms with Crippen molar-refractivity contribution in [2.24, 2.45) is 0 Å². The predicted molar refractivity (Wildman–Crippen MR) is 97.7 cm³/mol. The number of benzene rings is 3. The average Bonchev–Trinajstić information content (AvgIpc) is 2.67. The van der Waals surface area contributed by atoms with Crippen molar-refractivity contribution in [3.63, 3.8) is 0 Å². The van der Waals surface area contributed by atoms with Gasteiger partial charge in [0.1, 0.15) is 23.9 Å². The standard InChI is InChI=1S/C21H16O4.H2O/c22-14-21(23)17-9-11-18(12-10-17)24-15-16-5-4-8-20(13-16)25-19-6-2-1-3-7-19;/h1-14H,15H2;1H2. The fourth-order valence-corrected chi connectivity index (χ4v) is 2.27. The molecule has 2 N–H and O–H groups in total. The van der Waals surface area contributed by atoms with Crippen LogP contribution in [0.2, 0.25) is 0 Å². The number of para-hydroxylation sites is 1. The van der Waals surface area contributed by atoms with Crippen LogP contribution >= 0.6 is 0 Å². The normalized spacial score (nSPS) is 9.69. The van der Waals surface area contributed by atoms with Crippen molar-refractivity contribution in [3.8, 4) is 17.2 Å². The van der Waals surface area contributed by atoms with Gasteiger partial charge in [-0.1, -0.05) is 30.3 Å². The lowest BCUT2D eigenvalue weighted by Gasteiger charge is -2.09. The van der Waals surface area contributed by atoms with Crippen LogP contribution in [0.4, 0.5) is 0 Å². The van der Waals surface area contributed by atoms with Crippen LogP contribution in [0.15, 0.2) is 78.9 Å². The average molecular weight is 350 g/mol. The van der Waals surface area contributed by atoms with E-state index in [1.165, 1.54) is 0 Å². The Kier molecular flexibility index (Phi) is 6.65. The maximum absolute atomic E-state index is 11.3. The lowest BCUT2D eigenvalue weighted by atomic mass is 10.1. The minimum Gasteiger partial charge on any atom is -0.489 e. The number of carbonyl (C=O) groups is 2. The lowest BCUT2D eigenvalue weighted by molar-refractivity contribution is -0.104. The first-order valence-corrected chi connectivity index (χ1v) is 7.79. The molecule has 0 aliphatic carbocycles. The Morgan fingerprint density at radius 3 is 2.19 bits per heavy atom. The summed E-state index contributed by atoms with van der Waals surface area (Å²) < 4.78 is 11.5. The van der Waals surface area contributed by atoms with Crippen LogP contribution in [0.1, 0.15) is 15.9 Å². The van der Waals surface area contributed by atoms with Crippen molar-refractivity contribution in [3.05, 3.63) is 90.0 Å². The van der Waals surface area contributed by atoms with Crippen LogP contribution < -0.4 is 9.47 Å². The maximum Gasteiger partial charge on any atom is 0.225 e. The summed E-state index contributed by atoms with van der Waals surface area (Å²) in [5.74, 6) is 1.59. The van der Waals surface area contributed by atoms with Crippen LogP contribution in [0.25, 0.3) is 0 Å². The van der Waals surface area contributed by atoms with Gasteiger partial charge in [0.25, 0.3) is 0 Å². The van der Waals surface area contributed by atoms with Crippen LogP contribution in [0.5, 0.6) is 17.2 Å². The highest BCUT2D eigenvalue weighted by Crippen LogP contribution is 2.22. The van der Waals surface area contributed by atoms with Gasteiger partial charge in [0, 0.05) is 5.56 Å². The molecule has 0 amide bonds. The molecule has 3 rings (SSSR count). The number of aldehydes is 1. The molecule has 0 aliphatic rings. The molecular weight excluding hydrogens is 332 g/mol. The molecule has 0 spiro atoms. The zero-order valence-electron chi connectivity index (χ0n) is 13.9. The van der Waals surface area contributed by atoms with E-state index in [2.05, 4.69) is 0 Å².